The van der Waals surface area contributed by atoms with Crippen LogP contribution in [0.25, 0.3) is 11.8 Å². The molecule has 1 saturated heterocycles. The number of rotatable bonds is 4. The zero-order valence-corrected chi connectivity index (χ0v) is 16.4. The number of anilines is 1. The summed E-state index contributed by atoms with van der Waals surface area (Å²) in [7, 11) is 0. The van der Waals surface area contributed by atoms with Crippen molar-refractivity contribution in [3.63, 3.8) is 0 Å². The standard InChI is InChI=1S/C20H13BrN4O4/c21-13-3-5-15(6-4-13)24-20(27)18(19(26)22-24)12-17-2-1-11-23(17)14-7-9-16(10-8-14)25(28)29/h1-12H,(H,22,26). The van der Waals surface area contributed by atoms with Crippen molar-refractivity contribution in [2.24, 2.45) is 0 Å². The second-order valence-electron chi connectivity index (χ2n) is 6.19. The summed E-state index contributed by atoms with van der Waals surface area (Å²) in [5.41, 5.74) is 4.34. The number of hydrazine groups is 1. The molecule has 0 aliphatic carbocycles. The molecule has 1 aliphatic rings. The Bertz CT molecular complexity index is 1150. The maximum Gasteiger partial charge on any atom is 0.282 e. The van der Waals surface area contributed by atoms with Crippen LogP contribution in [0.15, 0.2) is 76.9 Å². The van der Waals surface area contributed by atoms with Crippen molar-refractivity contribution in [2.45, 2.75) is 0 Å². The first kappa shape index (κ1) is 18.6. The van der Waals surface area contributed by atoms with Gasteiger partial charge in [0.25, 0.3) is 17.5 Å². The minimum atomic E-state index is -0.505. The third-order valence-corrected chi connectivity index (χ3v) is 4.92. The summed E-state index contributed by atoms with van der Waals surface area (Å²) in [5, 5.41) is 12.0. The quantitative estimate of drug-likeness (QED) is 0.283. The van der Waals surface area contributed by atoms with Crippen LogP contribution in [0.2, 0.25) is 0 Å². The van der Waals surface area contributed by atoms with Crippen molar-refractivity contribution < 1.29 is 14.5 Å². The number of hydrogen-bond acceptors (Lipinski definition) is 4. The lowest BCUT2D eigenvalue weighted by atomic mass is 10.2. The molecule has 1 aromatic heterocycles. The third kappa shape index (κ3) is 3.55. The molecule has 1 aliphatic heterocycles. The van der Waals surface area contributed by atoms with Crippen molar-refractivity contribution in [1.29, 1.82) is 0 Å². The molecule has 2 amide bonds. The summed E-state index contributed by atoms with van der Waals surface area (Å²) in [4.78, 5) is 35.5. The van der Waals surface area contributed by atoms with Gasteiger partial charge in [0.05, 0.1) is 10.6 Å². The fraction of sp³-hybridized carbons (Fsp3) is 0. The SMILES string of the molecule is O=C1NN(c2ccc(Br)cc2)C(=O)C1=Cc1cccn1-c1ccc([N+](=O)[O-])cc1. The van der Waals surface area contributed by atoms with Gasteiger partial charge in [0, 0.05) is 34.2 Å². The van der Waals surface area contributed by atoms with Crippen LogP contribution in [0.5, 0.6) is 0 Å². The molecule has 2 aromatic carbocycles. The van der Waals surface area contributed by atoms with Crippen LogP contribution in [0.3, 0.4) is 0 Å². The number of amides is 2. The number of benzene rings is 2. The number of aromatic nitrogens is 1. The lowest BCUT2D eigenvalue weighted by Gasteiger charge is -2.14. The lowest BCUT2D eigenvalue weighted by Crippen LogP contribution is -2.35. The number of nitro groups is 1. The molecular formula is C20H13BrN4O4. The van der Waals surface area contributed by atoms with Gasteiger partial charge in [-0.2, -0.15) is 0 Å². The van der Waals surface area contributed by atoms with Crippen LogP contribution in [-0.4, -0.2) is 21.3 Å². The minimum absolute atomic E-state index is 0.00483. The van der Waals surface area contributed by atoms with Gasteiger partial charge in [-0.25, -0.2) is 5.01 Å². The highest BCUT2D eigenvalue weighted by Gasteiger charge is 2.34. The minimum Gasteiger partial charge on any atom is -0.317 e. The Balaban J connectivity index is 1.66. The molecule has 0 atom stereocenters. The highest BCUT2D eigenvalue weighted by atomic mass is 79.9. The molecule has 3 aromatic rings. The Morgan fingerprint density at radius 2 is 1.62 bits per heavy atom. The number of nitrogens with one attached hydrogen (secondary N) is 1. The van der Waals surface area contributed by atoms with Gasteiger partial charge >= 0.3 is 0 Å². The summed E-state index contributed by atoms with van der Waals surface area (Å²) in [6.45, 7) is 0. The van der Waals surface area contributed by atoms with E-state index < -0.39 is 16.7 Å². The largest absolute Gasteiger partial charge is 0.317 e. The van der Waals surface area contributed by atoms with E-state index in [1.54, 1.807) is 59.3 Å². The molecule has 1 N–H and O–H groups in total. The first-order valence-corrected chi connectivity index (χ1v) is 9.28. The second kappa shape index (κ2) is 7.36. The van der Waals surface area contributed by atoms with E-state index in [1.807, 2.05) is 0 Å². The zero-order chi connectivity index (χ0) is 20.5. The molecule has 0 spiro atoms. The average Bonchev–Trinajstić information content (AvgIpc) is 3.29. The smallest absolute Gasteiger partial charge is 0.282 e. The van der Waals surface area contributed by atoms with Crippen LogP contribution in [0, 0.1) is 10.1 Å². The first-order valence-electron chi connectivity index (χ1n) is 8.49. The molecule has 0 bridgehead atoms. The summed E-state index contributed by atoms with van der Waals surface area (Å²) in [6, 6.07) is 16.5. The Morgan fingerprint density at radius 3 is 2.28 bits per heavy atom. The number of nitro benzene ring substituents is 1. The van der Waals surface area contributed by atoms with Gasteiger partial charge in [0.15, 0.2) is 0 Å². The first-order chi connectivity index (χ1) is 13.9. The molecule has 1 fully saturated rings. The predicted molar refractivity (Wildman–Crippen MR) is 110 cm³/mol. The Labute approximate surface area is 173 Å². The number of non-ortho nitro benzene ring substituents is 1. The predicted octanol–water partition coefficient (Wildman–Crippen LogP) is 3.61. The molecule has 8 nitrogen and oxygen atoms in total. The van der Waals surface area contributed by atoms with Crippen LogP contribution in [0.4, 0.5) is 11.4 Å². The lowest BCUT2D eigenvalue weighted by molar-refractivity contribution is -0.384. The van der Waals surface area contributed by atoms with E-state index in [-0.39, 0.29) is 11.3 Å². The maximum absolute atomic E-state index is 12.8. The van der Waals surface area contributed by atoms with E-state index in [9.17, 15) is 19.7 Å². The van der Waals surface area contributed by atoms with E-state index in [1.165, 1.54) is 23.2 Å². The van der Waals surface area contributed by atoms with Crippen LogP contribution in [0.1, 0.15) is 5.69 Å². The molecule has 4 rings (SSSR count). The van der Waals surface area contributed by atoms with Gasteiger partial charge in [-0.15, -0.1) is 0 Å². The third-order valence-electron chi connectivity index (χ3n) is 4.39. The highest BCUT2D eigenvalue weighted by Crippen LogP contribution is 2.24. The van der Waals surface area contributed by atoms with Crippen molar-refractivity contribution in [1.82, 2.24) is 9.99 Å². The van der Waals surface area contributed by atoms with Crippen molar-refractivity contribution in [3.8, 4) is 5.69 Å². The van der Waals surface area contributed by atoms with E-state index in [4.69, 9.17) is 0 Å². The van der Waals surface area contributed by atoms with Crippen molar-refractivity contribution in [2.75, 3.05) is 5.01 Å². The fourth-order valence-electron chi connectivity index (χ4n) is 2.96. The van der Waals surface area contributed by atoms with Crippen molar-refractivity contribution in [3.05, 3.63) is 92.7 Å². The molecule has 9 heteroatoms. The average molecular weight is 453 g/mol. The second-order valence-corrected chi connectivity index (χ2v) is 7.11. The monoisotopic (exact) mass is 452 g/mol. The number of nitrogens with zero attached hydrogens (tertiary/aromatic N) is 3. The molecule has 29 heavy (non-hydrogen) atoms. The van der Waals surface area contributed by atoms with Gasteiger partial charge in [-0.3, -0.25) is 25.1 Å². The number of carbonyl (C=O) groups is 2. The normalized spacial score (nSPS) is 15.1. The summed E-state index contributed by atoms with van der Waals surface area (Å²) in [5.74, 6) is -0.969. The molecule has 144 valence electrons. The summed E-state index contributed by atoms with van der Waals surface area (Å²) in [6.07, 6.45) is 3.25. The highest BCUT2D eigenvalue weighted by molar-refractivity contribution is 9.10. The molecule has 2 heterocycles. The summed E-state index contributed by atoms with van der Waals surface area (Å²) >= 11 is 3.33. The van der Waals surface area contributed by atoms with Crippen LogP contribution >= 0.6 is 15.9 Å². The topological polar surface area (TPSA) is 97.5 Å². The maximum atomic E-state index is 12.8. The van der Waals surface area contributed by atoms with Crippen LogP contribution < -0.4 is 10.4 Å². The van der Waals surface area contributed by atoms with Gasteiger partial charge in [0.1, 0.15) is 5.57 Å². The van der Waals surface area contributed by atoms with E-state index >= 15 is 0 Å². The fourth-order valence-corrected chi connectivity index (χ4v) is 3.22. The number of hydrogen-bond donors (Lipinski definition) is 1. The number of halogens is 1. The Morgan fingerprint density at radius 1 is 0.966 bits per heavy atom. The Kier molecular flexibility index (Phi) is 4.73. The van der Waals surface area contributed by atoms with E-state index in [2.05, 4.69) is 21.4 Å². The van der Waals surface area contributed by atoms with Gasteiger partial charge < -0.3 is 4.57 Å². The van der Waals surface area contributed by atoms with Crippen molar-refractivity contribution >= 4 is 45.2 Å². The van der Waals surface area contributed by atoms with Gasteiger partial charge in [-0.05, 0) is 54.6 Å². The number of carbonyl (C=O) groups excluding carboxylic acids is 2. The molecular weight excluding hydrogens is 440 g/mol. The summed E-state index contributed by atoms with van der Waals surface area (Å²) < 4.78 is 2.59. The molecule has 0 unspecified atom stereocenters. The van der Waals surface area contributed by atoms with E-state index in [0.29, 0.717) is 17.1 Å². The van der Waals surface area contributed by atoms with Gasteiger partial charge in [0.2, 0.25) is 0 Å². The van der Waals surface area contributed by atoms with Crippen LogP contribution in [-0.2, 0) is 9.59 Å². The zero-order valence-electron chi connectivity index (χ0n) is 14.8. The molecule has 0 saturated carbocycles. The van der Waals surface area contributed by atoms with Gasteiger partial charge in [-0.1, -0.05) is 15.9 Å². The van der Waals surface area contributed by atoms with E-state index in [0.717, 1.165) is 4.47 Å². The Hall–Kier alpha value is -3.72. The molecule has 0 radical (unpaired) electrons.